The Morgan fingerprint density at radius 2 is 1.33 bits per heavy atom. The SMILES string of the molecule is O=S(=O)(Cl)C(F)(F)F.[N]. The van der Waals surface area contributed by atoms with Gasteiger partial charge in [-0.15, -0.1) is 0 Å². The molecule has 0 aliphatic carbocycles. The van der Waals surface area contributed by atoms with E-state index in [1.165, 1.54) is 0 Å². The summed E-state index contributed by atoms with van der Waals surface area (Å²) in [6.45, 7) is 0. The quantitative estimate of drug-likeness (QED) is 0.515. The van der Waals surface area contributed by atoms with E-state index in [-0.39, 0.29) is 6.15 Å². The molecule has 0 bridgehead atoms. The van der Waals surface area contributed by atoms with Crippen LogP contribution in [-0.2, 0) is 9.05 Å². The Kier molecular flexibility index (Phi) is 3.54. The number of nitrogens with zero attached hydrogens (tertiary/aromatic N) is 1. The predicted molar refractivity (Wildman–Crippen MR) is 23.0 cm³/mol. The Labute approximate surface area is 53.8 Å². The van der Waals surface area contributed by atoms with Crippen molar-refractivity contribution in [3.8, 4) is 0 Å². The monoisotopic (exact) mass is 182 g/mol. The fourth-order valence-electron chi connectivity index (χ4n) is 0. The summed E-state index contributed by atoms with van der Waals surface area (Å²) in [5, 5.41) is 0. The van der Waals surface area contributed by atoms with Gasteiger partial charge in [-0.2, -0.15) is 13.2 Å². The molecule has 9 heavy (non-hydrogen) atoms. The van der Waals surface area contributed by atoms with Crippen molar-refractivity contribution in [2.24, 2.45) is 0 Å². The normalized spacial score (nSPS) is 12.4. The van der Waals surface area contributed by atoms with Crippen LogP contribution in [0, 0.1) is 0 Å². The topological polar surface area (TPSA) is 64.6 Å². The van der Waals surface area contributed by atoms with E-state index < -0.39 is 14.6 Å². The van der Waals surface area contributed by atoms with E-state index in [2.05, 4.69) is 10.7 Å². The lowest BCUT2D eigenvalue weighted by Gasteiger charge is -1.96. The molecule has 0 saturated heterocycles. The van der Waals surface area contributed by atoms with Gasteiger partial charge in [-0.05, 0) is 0 Å². The first-order chi connectivity index (χ1) is 3.25. The van der Waals surface area contributed by atoms with Crippen molar-refractivity contribution in [2.45, 2.75) is 5.51 Å². The summed E-state index contributed by atoms with van der Waals surface area (Å²) < 4.78 is 51.1. The minimum Gasteiger partial charge on any atom is -0.203 e. The largest absolute Gasteiger partial charge is 0.511 e. The Bertz CT molecular complexity index is 171. The van der Waals surface area contributed by atoms with Gasteiger partial charge in [0, 0.05) is 16.8 Å². The van der Waals surface area contributed by atoms with Crippen LogP contribution in [0.5, 0.6) is 0 Å². The summed E-state index contributed by atoms with van der Waals surface area (Å²) in [5.41, 5.74) is -5.32. The van der Waals surface area contributed by atoms with E-state index in [0.717, 1.165) is 0 Å². The molecule has 0 fully saturated rings. The molecule has 0 aromatic rings. The zero-order chi connectivity index (χ0) is 7.00. The van der Waals surface area contributed by atoms with Gasteiger partial charge in [0.15, 0.2) is 0 Å². The van der Waals surface area contributed by atoms with Crippen LogP contribution in [0.3, 0.4) is 0 Å². The van der Waals surface area contributed by atoms with E-state index in [1.807, 2.05) is 0 Å². The summed E-state index contributed by atoms with van der Waals surface area (Å²) in [7, 11) is -1.51. The van der Waals surface area contributed by atoms with Gasteiger partial charge in [-0.25, -0.2) is 8.42 Å². The smallest absolute Gasteiger partial charge is 0.203 e. The maximum Gasteiger partial charge on any atom is 0.511 e. The highest BCUT2D eigenvalue weighted by atomic mass is 35.7. The van der Waals surface area contributed by atoms with Crippen LogP contribution in [-0.4, -0.2) is 13.9 Å². The highest BCUT2D eigenvalue weighted by Crippen LogP contribution is 2.25. The minimum absolute atomic E-state index is 0. The van der Waals surface area contributed by atoms with Gasteiger partial charge in [-0.1, -0.05) is 0 Å². The number of hydrogen-bond acceptors (Lipinski definition) is 2. The van der Waals surface area contributed by atoms with Crippen molar-refractivity contribution in [1.82, 2.24) is 6.15 Å². The first-order valence-corrected chi connectivity index (χ1v) is 3.57. The molecule has 0 aliphatic heterocycles. The molecule has 0 saturated carbocycles. The van der Waals surface area contributed by atoms with Gasteiger partial charge < -0.3 is 0 Å². The van der Waals surface area contributed by atoms with E-state index >= 15 is 0 Å². The number of alkyl halides is 3. The van der Waals surface area contributed by atoms with Crippen molar-refractivity contribution in [3.05, 3.63) is 0 Å². The minimum atomic E-state index is -5.37. The standard InChI is InChI=1S/CClF3O2S.N/c2-8(6,7)1(3,4)5;. The molecule has 0 heterocycles. The molecule has 0 amide bonds. The van der Waals surface area contributed by atoms with Crippen molar-refractivity contribution < 1.29 is 21.6 Å². The number of halogens is 4. The molecule has 55 valence electrons. The van der Waals surface area contributed by atoms with Crippen LogP contribution in [0.15, 0.2) is 0 Å². The van der Waals surface area contributed by atoms with Gasteiger partial charge in [0.1, 0.15) is 0 Å². The predicted octanol–water partition coefficient (Wildman–Crippen LogP) is 0.594. The molecule has 3 nitrogen and oxygen atoms in total. The highest BCUT2D eigenvalue weighted by Gasteiger charge is 2.44. The highest BCUT2D eigenvalue weighted by molar-refractivity contribution is 8.14. The van der Waals surface area contributed by atoms with Gasteiger partial charge in [-0.3, -0.25) is 0 Å². The number of rotatable bonds is 0. The molecule has 3 radical (unpaired) electrons. The fraction of sp³-hybridized carbons (Fsp3) is 1.00. The van der Waals surface area contributed by atoms with Crippen LogP contribution in [0.1, 0.15) is 0 Å². The molecule has 0 N–H and O–H groups in total. The maximum atomic E-state index is 10.8. The summed E-state index contributed by atoms with van der Waals surface area (Å²) in [6.07, 6.45) is 0. The second-order valence-electron chi connectivity index (χ2n) is 0.884. The third-order valence-electron chi connectivity index (χ3n) is 0.276. The molecule has 8 heteroatoms. The first-order valence-electron chi connectivity index (χ1n) is 1.26. The van der Waals surface area contributed by atoms with Crippen LogP contribution < -0.4 is 6.15 Å². The lowest BCUT2D eigenvalue weighted by molar-refractivity contribution is -0.0412. The average molecular weight is 183 g/mol. The zero-order valence-corrected chi connectivity index (χ0v) is 5.26. The molecular weight excluding hydrogens is 183 g/mol. The number of hydrogen-bond donors (Lipinski definition) is 0. The third kappa shape index (κ3) is 3.55. The third-order valence-corrected chi connectivity index (χ3v) is 1.35. The van der Waals surface area contributed by atoms with Crippen molar-refractivity contribution >= 4 is 19.7 Å². The van der Waals surface area contributed by atoms with Crippen molar-refractivity contribution in [1.29, 1.82) is 0 Å². The Morgan fingerprint density at radius 3 is 1.33 bits per heavy atom. The van der Waals surface area contributed by atoms with Crippen molar-refractivity contribution in [3.63, 3.8) is 0 Å². The summed E-state index contributed by atoms with van der Waals surface area (Å²) in [6, 6.07) is 0. The summed E-state index contributed by atoms with van der Waals surface area (Å²) in [4.78, 5) is 0. The Morgan fingerprint density at radius 1 is 1.22 bits per heavy atom. The fourth-order valence-corrected chi connectivity index (χ4v) is 0. The van der Waals surface area contributed by atoms with E-state index in [4.69, 9.17) is 0 Å². The molecular formula is CClF3NO2S. The molecule has 0 spiro atoms. The van der Waals surface area contributed by atoms with Gasteiger partial charge in [0.2, 0.25) is 0 Å². The van der Waals surface area contributed by atoms with Crippen LogP contribution >= 0.6 is 10.7 Å². The van der Waals surface area contributed by atoms with E-state index in [1.54, 1.807) is 0 Å². The van der Waals surface area contributed by atoms with E-state index in [9.17, 15) is 21.6 Å². The van der Waals surface area contributed by atoms with E-state index in [0.29, 0.717) is 0 Å². The van der Waals surface area contributed by atoms with Crippen LogP contribution in [0.2, 0.25) is 0 Å². The molecule has 0 unspecified atom stereocenters. The Hall–Kier alpha value is -0.0100. The zero-order valence-electron chi connectivity index (χ0n) is 3.68. The lowest BCUT2D eigenvalue weighted by Crippen LogP contribution is -2.16. The summed E-state index contributed by atoms with van der Waals surface area (Å²) >= 11 is 0. The first kappa shape index (κ1) is 11.7. The molecule has 0 rings (SSSR count). The second-order valence-corrected chi connectivity index (χ2v) is 3.44. The van der Waals surface area contributed by atoms with Gasteiger partial charge in [0.05, 0.1) is 0 Å². The Balaban J connectivity index is 0. The molecule has 0 aromatic heterocycles. The second kappa shape index (κ2) is 2.72. The molecule has 0 aliphatic rings. The molecule has 0 aromatic carbocycles. The van der Waals surface area contributed by atoms with Gasteiger partial charge >= 0.3 is 14.6 Å². The van der Waals surface area contributed by atoms with Crippen LogP contribution in [0.4, 0.5) is 13.2 Å². The molecule has 0 atom stereocenters. The average Bonchev–Trinajstić information content (AvgIpc) is 1.25. The maximum absolute atomic E-state index is 10.8. The lowest BCUT2D eigenvalue weighted by atomic mass is 11.6. The van der Waals surface area contributed by atoms with Gasteiger partial charge in [0.25, 0.3) is 0 Å². The summed E-state index contributed by atoms with van der Waals surface area (Å²) in [5.74, 6) is 0. The van der Waals surface area contributed by atoms with Crippen LogP contribution in [0.25, 0.3) is 0 Å². The van der Waals surface area contributed by atoms with Crippen molar-refractivity contribution in [2.75, 3.05) is 0 Å².